The van der Waals surface area contributed by atoms with E-state index in [1.54, 1.807) is 24.3 Å². The molecule has 2 aromatic carbocycles. The van der Waals surface area contributed by atoms with Gasteiger partial charge in [0.2, 0.25) is 0 Å². The van der Waals surface area contributed by atoms with Crippen LogP contribution in [0.4, 0.5) is 5.69 Å². The van der Waals surface area contributed by atoms with Gasteiger partial charge in [-0.1, -0.05) is 18.2 Å². The predicted molar refractivity (Wildman–Crippen MR) is 101 cm³/mol. The van der Waals surface area contributed by atoms with Gasteiger partial charge < -0.3 is 24.3 Å². The highest BCUT2D eigenvalue weighted by molar-refractivity contribution is 5.96. The number of nitro benzene ring substituents is 1. The minimum Gasteiger partial charge on any atom is -0.496 e. The summed E-state index contributed by atoms with van der Waals surface area (Å²) in [6.45, 7) is -0.448. The van der Waals surface area contributed by atoms with Crippen molar-refractivity contribution in [1.29, 1.82) is 0 Å². The molecule has 0 spiro atoms. The number of carbonyl (C=O) groups excluding carboxylic acids is 2. The Labute approximate surface area is 166 Å². The number of amides is 1. The molecule has 0 saturated heterocycles. The van der Waals surface area contributed by atoms with Gasteiger partial charge in [0.1, 0.15) is 11.3 Å². The van der Waals surface area contributed by atoms with Crippen molar-refractivity contribution in [3.8, 4) is 17.2 Å². The molecule has 29 heavy (non-hydrogen) atoms. The molecule has 0 radical (unpaired) electrons. The average Bonchev–Trinajstić information content (AvgIpc) is 2.74. The fourth-order valence-corrected chi connectivity index (χ4v) is 2.49. The predicted octanol–water partition coefficient (Wildman–Crippen LogP) is 2.09. The van der Waals surface area contributed by atoms with Crippen molar-refractivity contribution in [2.45, 2.75) is 6.54 Å². The van der Waals surface area contributed by atoms with Gasteiger partial charge in [-0.15, -0.1) is 0 Å². The first-order chi connectivity index (χ1) is 13.9. The second-order valence-electron chi connectivity index (χ2n) is 5.65. The summed E-state index contributed by atoms with van der Waals surface area (Å²) in [6.07, 6.45) is 0. The highest BCUT2D eigenvalue weighted by Gasteiger charge is 2.26. The van der Waals surface area contributed by atoms with Gasteiger partial charge in [-0.2, -0.15) is 0 Å². The van der Waals surface area contributed by atoms with Gasteiger partial charge in [0.05, 0.1) is 32.3 Å². The van der Waals surface area contributed by atoms with E-state index in [-0.39, 0.29) is 23.6 Å². The number of ether oxygens (including phenoxy) is 4. The molecule has 1 N–H and O–H groups in total. The summed E-state index contributed by atoms with van der Waals surface area (Å²) < 4.78 is 20.2. The fraction of sp³-hybridized carbons (Fsp3) is 0.263. The van der Waals surface area contributed by atoms with Crippen molar-refractivity contribution in [3.05, 3.63) is 57.6 Å². The van der Waals surface area contributed by atoms with Crippen LogP contribution in [0.5, 0.6) is 17.2 Å². The number of hydrogen-bond donors (Lipinski definition) is 1. The lowest BCUT2D eigenvalue weighted by Gasteiger charge is -2.11. The normalized spacial score (nSPS) is 10.0. The molecule has 0 heterocycles. The van der Waals surface area contributed by atoms with Crippen LogP contribution < -0.4 is 19.5 Å². The maximum atomic E-state index is 12.3. The maximum absolute atomic E-state index is 12.3. The van der Waals surface area contributed by atoms with Gasteiger partial charge in [0, 0.05) is 18.2 Å². The minimum atomic E-state index is -1.04. The monoisotopic (exact) mass is 404 g/mol. The zero-order chi connectivity index (χ0) is 21.4. The zero-order valence-electron chi connectivity index (χ0n) is 16.1. The molecule has 0 fully saturated rings. The number of nitrogens with one attached hydrogen (secondary N) is 1. The third-order valence-electron chi connectivity index (χ3n) is 3.92. The number of para-hydroxylation sites is 1. The fourth-order valence-electron chi connectivity index (χ4n) is 2.49. The van der Waals surface area contributed by atoms with Crippen LogP contribution in [0.3, 0.4) is 0 Å². The third-order valence-corrected chi connectivity index (χ3v) is 3.92. The topological polar surface area (TPSA) is 126 Å². The summed E-state index contributed by atoms with van der Waals surface area (Å²) in [5, 5.41) is 13.8. The summed E-state index contributed by atoms with van der Waals surface area (Å²) in [4.78, 5) is 34.8. The smallest absolute Gasteiger partial charge is 0.345 e. The average molecular weight is 404 g/mol. The Morgan fingerprint density at radius 2 is 1.62 bits per heavy atom. The van der Waals surface area contributed by atoms with Crippen LogP contribution in [0, 0.1) is 10.1 Å². The van der Waals surface area contributed by atoms with Gasteiger partial charge >= 0.3 is 5.97 Å². The Hall–Kier alpha value is -3.82. The standard InChI is InChI=1S/C19H20N2O8/c1-26-15-7-5-4-6-12(15)10-20-18(22)11-29-19(23)13-8-16(27-2)17(28-3)9-14(13)21(24)25/h4-9H,10-11H2,1-3H3,(H,20,22). The maximum Gasteiger partial charge on any atom is 0.345 e. The van der Waals surface area contributed by atoms with Crippen molar-refractivity contribution < 1.29 is 33.5 Å². The SMILES string of the molecule is COc1ccccc1CNC(=O)COC(=O)c1cc(OC)c(OC)cc1[N+](=O)[O-]. The molecule has 0 aromatic heterocycles. The number of carbonyl (C=O) groups is 2. The number of methoxy groups -OCH3 is 3. The first kappa shape index (κ1) is 21.5. The van der Waals surface area contributed by atoms with Crippen LogP contribution in [0.1, 0.15) is 15.9 Å². The summed E-state index contributed by atoms with van der Waals surface area (Å²) in [5.41, 5.74) is -0.141. The molecule has 154 valence electrons. The van der Waals surface area contributed by atoms with Crippen LogP contribution in [0.15, 0.2) is 36.4 Å². The van der Waals surface area contributed by atoms with Gasteiger partial charge in [0.15, 0.2) is 18.1 Å². The molecule has 0 atom stereocenters. The first-order valence-electron chi connectivity index (χ1n) is 8.37. The van der Waals surface area contributed by atoms with E-state index in [0.717, 1.165) is 17.7 Å². The van der Waals surface area contributed by atoms with Gasteiger partial charge in [-0.05, 0) is 6.07 Å². The van der Waals surface area contributed by atoms with Crippen molar-refractivity contribution in [3.63, 3.8) is 0 Å². The van der Waals surface area contributed by atoms with E-state index in [1.165, 1.54) is 21.3 Å². The molecule has 0 saturated carbocycles. The second kappa shape index (κ2) is 9.93. The molecule has 0 unspecified atom stereocenters. The Kier molecular flexibility index (Phi) is 7.35. The molecule has 0 aliphatic rings. The van der Waals surface area contributed by atoms with E-state index < -0.39 is 29.1 Å². The molecular weight excluding hydrogens is 384 g/mol. The van der Waals surface area contributed by atoms with E-state index in [2.05, 4.69) is 5.32 Å². The van der Waals surface area contributed by atoms with E-state index in [0.29, 0.717) is 5.75 Å². The highest BCUT2D eigenvalue weighted by atomic mass is 16.6. The summed E-state index contributed by atoms with van der Waals surface area (Å²) >= 11 is 0. The third kappa shape index (κ3) is 5.34. The first-order valence-corrected chi connectivity index (χ1v) is 8.37. The van der Waals surface area contributed by atoms with Crippen molar-refractivity contribution >= 4 is 17.6 Å². The van der Waals surface area contributed by atoms with Gasteiger partial charge in [-0.25, -0.2) is 4.79 Å². The Morgan fingerprint density at radius 1 is 1.00 bits per heavy atom. The van der Waals surface area contributed by atoms with Crippen molar-refractivity contribution in [2.24, 2.45) is 0 Å². The lowest BCUT2D eigenvalue weighted by Crippen LogP contribution is -2.28. The number of esters is 1. The summed E-state index contributed by atoms with van der Waals surface area (Å²) in [6, 6.07) is 9.29. The summed E-state index contributed by atoms with van der Waals surface area (Å²) in [5.74, 6) is -0.806. The number of rotatable bonds is 9. The minimum absolute atomic E-state index is 0.0882. The largest absolute Gasteiger partial charge is 0.496 e. The van der Waals surface area contributed by atoms with Crippen LogP contribution in [-0.4, -0.2) is 44.7 Å². The molecule has 2 rings (SSSR count). The van der Waals surface area contributed by atoms with Crippen LogP contribution in [0.25, 0.3) is 0 Å². The molecule has 1 amide bonds. The van der Waals surface area contributed by atoms with Gasteiger partial charge in [0.25, 0.3) is 11.6 Å². The molecule has 2 aromatic rings. The van der Waals surface area contributed by atoms with E-state index in [4.69, 9.17) is 18.9 Å². The number of hydrogen-bond acceptors (Lipinski definition) is 8. The lowest BCUT2D eigenvalue weighted by atomic mass is 10.1. The molecule has 10 heteroatoms. The van der Waals surface area contributed by atoms with E-state index >= 15 is 0 Å². The highest BCUT2D eigenvalue weighted by Crippen LogP contribution is 2.34. The van der Waals surface area contributed by atoms with Crippen LogP contribution >= 0.6 is 0 Å². The molecule has 10 nitrogen and oxygen atoms in total. The lowest BCUT2D eigenvalue weighted by molar-refractivity contribution is -0.385. The number of nitro groups is 1. The Balaban J connectivity index is 2.04. The molecule has 0 aliphatic heterocycles. The number of benzene rings is 2. The zero-order valence-corrected chi connectivity index (χ0v) is 16.1. The molecular formula is C19H20N2O8. The quantitative estimate of drug-likeness (QED) is 0.382. The molecule has 0 bridgehead atoms. The van der Waals surface area contributed by atoms with E-state index in [9.17, 15) is 19.7 Å². The van der Waals surface area contributed by atoms with E-state index in [1.807, 2.05) is 0 Å². The van der Waals surface area contributed by atoms with Crippen LogP contribution in [0.2, 0.25) is 0 Å². The van der Waals surface area contributed by atoms with Crippen LogP contribution in [-0.2, 0) is 16.1 Å². The summed E-state index contributed by atoms with van der Waals surface area (Å²) in [7, 11) is 4.15. The van der Waals surface area contributed by atoms with Crippen molar-refractivity contribution in [2.75, 3.05) is 27.9 Å². The number of nitrogens with zero attached hydrogens (tertiary/aromatic N) is 1. The second-order valence-corrected chi connectivity index (χ2v) is 5.65. The van der Waals surface area contributed by atoms with Crippen molar-refractivity contribution in [1.82, 2.24) is 5.32 Å². The Bertz CT molecular complexity index is 913. The van der Waals surface area contributed by atoms with Gasteiger partial charge in [-0.3, -0.25) is 14.9 Å². The Morgan fingerprint density at radius 3 is 2.24 bits per heavy atom. The molecule has 0 aliphatic carbocycles.